The molecule has 0 radical (unpaired) electrons. The number of urea groups is 1. The Balaban J connectivity index is 1.89. The van der Waals surface area contributed by atoms with Crippen LogP contribution in [-0.2, 0) is 11.3 Å². The lowest BCUT2D eigenvalue weighted by Gasteiger charge is -2.08. The summed E-state index contributed by atoms with van der Waals surface area (Å²) >= 11 is 0. The van der Waals surface area contributed by atoms with Crippen molar-refractivity contribution in [1.29, 1.82) is 0 Å². The van der Waals surface area contributed by atoms with E-state index in [1.54, 1.807) is 30.3 Å². The molecule has 0 bridgehead atoms. The molecular weight excluding hydrogens is 287 g/mol. The largest absolute Gasteiger partial charge is 0.465 e. The molecule has 0 spiro atoms. The third kappa shape index (κ3) is 4.05. The number of hydrogen-bond acceptors (Lipinski definition) is 3. The van der Waals surface area contributed by atoms with Crippen LogP contribution in [0.3, 0.4) is 0 Å². The lowest BCUT2D eigenvalue weighted by Crippen LogP contribution is -2.28. The summed E-state index contributed by atoms with van der Waals surface area (Å²) in [6.45, 7) is 0.0821. The van der Waals surface area contributed by atoms with Gasteiger partial charge >= 0.3 is 12.0 Å². The maximum Gasteiger partial charge on any atom is 0.337 e. The van der Waals surface area contributed by atoms with Crippen LogP contribution in [0.2, 0.25) is 0 Å². The summed E-state index contributed by atoms with van der Waals surface area (Å²) in [5, 5.41) is 5.15. The number of benzene rings is 2. The molecule has 0 unspecified atom stereocenters. The zero-order valence-corrected chi connectivity index (χ0v) is 11.9. The van der Waals surface area contributed by atoms with Crippen LogP contribution in [0, 0.1) is 5.82 Å². The van der Waals surface area contributed by atoms with Crippen molar-refractivity contribution in [1.82, 2.24) is 5.32 Å². The minimum Gasteiger partial charge on any atom is -0.465 e. The van der Waals surface area contributed by atoms with E-state index >= 15 is 0 Å². The van der Waals surface area contributed by atoms with Gasteiger partial charge in [0.15, 0.2) is 0 Å². The summed E-state index contributed by atoms with van der Waals surface area (Å²) in [7, 11) is 1.30. The molecule has 0 heterocycles. The van der Waals surface area contributed by atoms with Crippen LogP contribution < -0.4 is 10.6 Å². The lowest BCUT2D eigenvalue weighted by atomic mass is 10.2. The Labute approximate surface area is 127 Å². The first-order chi connectivity index (χ1) is 10.6. The second kappa shape index (κ2) is 7.21. The zero-order valence-electron chi connectivity index (χ0n) is 11.9. The molecule has 0 aliphatic rings. The van der Waals surface area contributed by atoms with Gasteiger partial charge in [0.1, 0.15) is 5.82 Å². The van der Waals surface area contributed by atoms with Crippen molar-refractivity contribution in [3.8, 4) is 0 Å². The van der Waals surface area contributed by atoms with E-state index in [0.717, 1.165) is 0 Å². The predicted octanol–water partition coefficient (Wildman–Crippen LogP) is 2.93. The topological polar surface area (TPSA) is 67.4 Å². The number of nitrogens with one attached hydrogen (secondary N) is 2. The van der Waals surface area contributed by atoms with Gasteiger partial charge in [-0.05, 0) is 30.3 Å². The number of methoxy groups -OCH3 is 1. The fraction of sp³-hybridized carbons (Fsp3) is 0.125. The fourth-order valence-corrected chi connectivity index (χ4v) is 1.80. The van der Waals surface area contributed by atoms with Crippen molar-refractivity contribution in [2.75, 3.05) is 12.4 Å². The van der Waals surface area contributed by atoms with Crippen LogP contribution >= 0.6 is 0 Å². The lowest BCUT2D eigenvalue weighted by molar-refractivity contribution is 0.0601. The van der Waals surface area contributed by atoms with Gasteiger partial charge in [-0.2, -0.15) is 0 Å². The van der Waals surface area contributed by atoms with Crippen LogP contribution in [0.25, 0.3) is 0 Å². The SMILES string of the molecule is COC(=O)c1ccc(NC(=O)NCc2ccccc2F)cc1. The monoisotopic (exact) mass is 302 g/mol. The third-order valence-electron chi connectivity index (χ3n) is 2.96. The summed E-state index contributed by atoms with van der Waals surface area (Å²) < 4.78 is 18.0. The van der Waals surface area contributed by atoms with Crippen LogP contribution in [-0.4, -0.2) is 19.1 Å². The molecule has 2 N–H and O–H groups in total. The molecule has 0 aliphatic carbocycles. The molecule has 5 nitrogen and oxygen atoms in total. The quantitative estimate of drug-likeness (QED) is 0.853. The van der Waals surface area contributed by atoms with Crippen LogP contribution in [0.15, 0.2) is 48.5 Å². The number of rotatable bonds is 4. The van der Waals surface area contributed by atoms with Gasteiger partial charge in [0.25, 0.3) is 0 Å². The molecule has 0 saturated carbocycles. The Bertz CT molecular complexity index is 671. The average Bonchev–Trinajstić information content (AvgIpc) is 2.54. The molecule has 114 valence electrons. The first-order valence-corrected chi connectivity index (χ1v) is 6.57. The number of esters is 1. The number of ether oxygens (including phenoxy) is 1. The second-order valence-electron chi connectivity index (χ2n) is 4.47. The van der Waals surface area contributed by atoms with E-state index in [-0.39, 0.29) is 12.4 Å². The number of halogens is 1. The third-order valence-corrected chi connectivity index (χ3v) is 2.96. The second-order valence-corrected chi connectivity index (χ2v) is 4.47. The van der Waals surface area contributed by atoms with E-state index in [2.05, 4.69) is 15.4 Å². The van der Waals surface area contributed by atoms with Crippen LogP contribution in [0.4, 0.5) is 14.9 Å². The predicted molar refractivity (Wildman–Crippen MR) is 80.0 cm³/mol. The minimum absolute atomic E-state index is 0.0821. The van der Waals surface area contributed by atoms with Crippen molar-refractivity contribution >= 4 is 17.7 Å². The van der Waals surface area contributed by atoms with Crippen molar-refractivity contribution in [2.45, 2.75) is 6.54 Å². The van der Waals surface area contributed by atoms with Gasteiger partial charge in [0.05, 0.1) is 12.7 Å². The van der Waals surface area contributed by atoms with Crippen LogP contribution in [0.5, 0.6) is 0 Å². The molecule has 0 fully saturated rings. The smallest absolute Gasteiger partial charge is 0.337 e. The zero-order chi connectivity index (χ0) is 15.9. The number of carbonyl (C=O) groups is 2. The highest BCUT2D eigenvalue weighted by atomic mass is 19.1. The highest BCUT2D eigenvalue weighted by Gasteiger charge is 2.07. The minimum atomic E-state index is -0.464. The summed E-state index contributed by atoms with van der Waals surface area (Å²) in [4.78, 5) is 23.0. The van der Waals surface area contributed by atoms with Crippen molar-refractivity contribution < 1.29 is 18.7 Å². The van der Waals surface area contributed by atoms with Gasteiger partial charge < -0.3 is 15.4 Å². The van der Waals surface area contributed by atoms with Gasteiger partial charge in [-0.25, -0.2) is 14.0 Å². The standard InChI is InChI=1S/C16H15FN2O3/c1-22-15(20)11-6-8-13(9-7-11)19-16(21)18-10-12-4-2-3-5-14(12)17/h2-9H,10H2,1H3,(H2,18,19,21). The summed E-state index contributed by atoms with van der Waals surface area (Å²) in [6.07, 6.45) is 0. The fourth-order valence-electron chi connectivity index (χ4n) is 1.80. The van der Waals surface area contributed by atoms with E-state index in [0.29, 0.717) is 16.8 Å². The van der Waals surface area contributed by atoms with Gasteiger partial charge in [-0.1, -0.05) is 18.2 Å². The number of carbonyl (C=O) groups excluding carboxylic acids is 2. The van der Waals surface area contributed by atoms with E-state index < -0.39 is 12.0 Å². The van der Waals surface area contributed by atoms with Gasteiger partial charge in [0, 0.05) is 17.8 Å². The normalized spacial score (nSPS) is 9.91. The Morgan fingerprint density at radius 2 is 1.77 bits per heavy atom. The molecule has 2 amide bonds. The molecule has 2 aromatic rings. The molecular formula is C16H15FN2O3. The Hall–Kier alpha value is -2.89. The van der Waals surface area contributed by atoms with Gasteiger partial charge in [-0.15, -0.1) is 0 Å². The molecule has 0 atom stereocenters. The van der Waals surface area contributed by atoms with Gasteiger partial charge in [-0.3, -0.25) is 0 Å². The van der Waals surface area contributed by atoms with E-state index in [4.69, 9.17) is 0 Å². The van der Waals surface area contributed by atoms with Crippen molar-refractivity contribution in [2.24, 2.45) is 0 Å². The molecule has 0 saturated heterocycles. The number of amides is 2. The highest BCUT2D eigenvalue weighted by Crippen LogP contribution is 2.10. The van der Waals surface area contributed by atoms with E-state index in [9.17, 15) is 14.0 Å². The summed E-state index contributed by atoms with van der Waals surface area (Å²) in [5.74, 6) is -0.819. The van der Waals surface area contributed by atoms with E-state index in [1.807, 2.05) is 0 Å². The maximum atomic E-state index is 13.4. The maximum absolute atomic E-state index is 13.4. The first-order valence-electron chi connectivity index (χ1n) is 6.57. The number of anilines is 1. The molecule has 22 heavy (non-hydrogen) atoms. The molecule has 6 heteroatoms. The van der Waals surface area contributed by atoms with Crippen molar-refractivity contribution in [3.63, 3.8) is 0 Å². The number of hydrogen-bond donors (Lipinski definition) is 2. The highest BCUT2D eigenvalue weighted by molar-refractivity contribution is 5.92. The van der Waals surface area contributed by atoms with E-state index in [1.165, 1.54) is 25.3 Å². The van der Waals surface area contributed by atoms with Crippen LogP contribution in [0.1, 0.15) is 15.9 Å². The summed E-state index contributed by atoms with van der Waals surface area (Å²) in [6, 6.07) is 12.0. The Morgan fingerprint density at radius 1 is 1.09 bits per heavy atom. The molecule has 2 rings (SSSR count). The Kier molecular flexibility index (Phi) is 5.08. The van der Waals surface area contributed by atoms with Gasteiger partial charge in [0.2, 0.25) is 0 Å². The molecule has 0 aliphatic heterocycles. The average molecular weight is 302 g/mol. The summed E-state index contributed by atoms with van der Waals surface area (Å²) in [5.41, 5.74) is 1.30. The van der Waals surface area contributed by atoms with Crippen molar-refractivity contribution in [3.05, 3.63) is 65.5 Å². The molecule has 2 aromatic carbocycles. The Morgan fingerprint density at radius 3 is 2.41 bits per heavy atom. The molecule has 0 aromatic heterocycles. The first kappa shape index (κ1) is 15.5.